The molecular weight excluding hydrogens is 566 g/mol. The summed E-state index contributed by atoms with van der Waals surface area (Å²) in [5.41, 5.74) is 4.88. The number of ether oxygens (including phenoxy) is 1. The van der Waals surface area contributed by atoms with Crippen LogP contribution >= 0.6 is 15.9 Å². The van der Waals surface area contributed by atoms with Crippen molar-refractivity contribution < 1.29 is 9.84 Å². The number of piperidine rings is 1. The van der Waals surface area contributed by atoms with Crippen molar-refractivity contribution in [3.63, 3.8) is 0 Å². The number of aromatic nitrogens is 2. The topological polar surface area (TPSA) is 73.8 Å². The number of fused-ring (bicyclic) bond motifs is 5. The van der Waals surface area contributed by atoms with Crippen LogP contribution in [0.15, 0.2) is 34.8 Å². The van der Waals surface area contributed by atoms with Gasteiger partial charge in [0.05, 0.1) is 23.5 Å². The summed E-state index contributed by atoms with van der Waals surface area (Å²) in [5.74, 6) is 0.758. The van der Waals surface area contributed by atoms with E-state index in [-0.39, 0.29) is 5.54 Å². The van der Waals surface area contributed by atoms with Gasteiger partial charge in [-0.3, -0.25) is 4.90 Å². The predicted molar refractivity (Wildman–Crippen MR) is 160 cm³/mol. The summed E-state index contributed by atoms with van der Waals surface area (Å²) in [6.07, 6.45) is 10.7. The molecule has 3 atom stereocenters. The summed E-state index contributed by atoms with van der Waals surface area (Å²) in [5, 5.41) is 16.6. The Bertz CT molecular complexity index is 1440. The second-order valence-electron chi connectivity index (χ2n) is 12.8. The summed E-state index contributed by atoms with van der Waals surface area (Å²) >= 11 is 3.77. The lowest BCUT2D eigenvalue weighted by Gasteiger charge is -2.35. The van der Waals surface area contributed by atoms with E-state index in [1.807, 2.05) is 18.2 Å². The van der Waals surface area contributed by atoms with Crippen molar-refractivity contribution in [2.45, 2.75) is 87.9 Å². The maximum Gasteiger partial charge on any atom is 0.316 e. The fraction of sp³-hybridized carbons (Fsp3) is 0.562. The van der Waals surface area contributed by atoms with Crippen LogP contribution in [0.3, 0.4) is 0 Å². The van der Waals surface area contributed by atoms with Gasteiger partial charge in [-0.2, -0.15) is 9.97 Å². The lowest BCUT2D eigenvalue weighted by atomic mass is 9.85. The van der Waals surface area contributed by atoms with Crippen LogP contribution < -0.4 is 15.0 Å². The minimum Gasteiger partial charge on any atom is -0.508 e. The lowest BCUT2D eigenvalue weighted by Crippen LogP contribution is -2.43. The second-order valence-corrected chi connectivity index (χ2v) is 13.7. The van der Waals surface area contributed by atoms with Crippen molar-refractivity contribution in [1.29, 1.82) is 0 Å². The Balaban J connectivity index is 1.15. The van der Waals surface area contributed by atoms with Gasteiger partial charge in [-0.15, -0.1) is 0 Å². The number of hydrogen-bond donors (Lipinski definition) is 2. The molecule has 2 N–H and O–H groups in total. The highest BCUT2D eigenvalue weighted by atomic mass is 79.9. The fourth-order valence-corrected chi connectivity index (χ4v) is 9.16. The molecule has 4 saturated heterocycles. The lowest BCUT2D eigenvalue weighted by molar-refractivity contribution is 0.107. The van der Waals surface area contributed by atoms with E-state index in [1.54, 1.807) is 0 Å². The highest BCUT2D eigenvalue weighted by Gasteiger charge is 2.45. The molecule has 3 aromatic rings. The SMILES string of the molecule is Oc1cc(N2CCc3c(nc(OCC45CCCN4CCC5)nc3[C@H]3C[C@H]4CC[C@@H](C3)N4)C2)c2c(Br)cccc2c1. The molecule has 0 radical (unpaired) electrons. The Kier molecular flexibility index (Phi) is 6.23. The van der Waals surface area contributed by atoms with Gasteiger partial charge < -0.3 is 20.1 Å². The number of hydrogen-bond acceptors (Lipinski definition) is 7. The first kappa shape index (κ1) is 25.3. The molecule has 40 heavy (non-hydrogen) atoms. The predicted octanol–water partition coefficient (Wildman–Crippen LogP) is 5.67. The first-order chi connectivity index (χ1) is 19.5. The molecule has 0 saturated carbocycles. The van der Waals surface area contributed by atoms with Crippen molar-refractivity contribution in [3.8, 4) is 11.8 Å². The summed E-state index contributed by atoms with van der Waals surface area (Å²) in [7, 11) is 0. The third-order valence-electron chi connectivity index (χ3n) is 10.4. The molecule has 7 nitrogen and oxygen atoms in total. The average Bonchev–Trinajstić information content (AvgIpc) is 3.64. The van der Waals surface area contributed by atoms with Crippen LogP contribution in [0.4, 0.5) is 5.69 Å². The maximum absolute atomic E-state index is 10.6. The number of nitrogens with zero attached hydrogens (tertiary/aromatic N) is 4. The number of rotatable bonds is 5. The van der Waals surface area contributed by atoms with Crippen LogP contribution in [0.5, 0.6) is 11.8 Å². The number of anilines is 1. The summed E-state index contributed by atoms with van der Waals surface area (Å²) in [6.45, 7) is 4.64. The number of benzene rings is 2. The maximum atomic E-state index is 10.6. The highest BCUT2D eigenvalue weighted by molar-refractivity contribution is 9.10. The Hall–Kier alpha value is -2.42. The Morgan fingerprint density at radius 1 is 1.05 bits per heavy atom. The Morgan fingerprint density at radius 2 is 1.85 bits per heavy atom. The molecule has 5 aliphatic rings. The van der Waals surface area contributed by atoms with Gasteiger partial charge in [0.15, 0.2) is 0 Å². The van der Waals surface area contributed by atoms with Crippen LogP contribution in [-0.2, 0) is 13.0 Å². The molecule has 5 aliphatic heterocycles. The standard InChI is InChI=1S/C32H38BrN5O2/c33-26-5-1-4-20-16-24(39)17-28(29(20)26)37-13-8-25-27(18-37)35-31(40-19-32-9-2-11-38(32)12-3-10-32)36-30(25)21-14-22-6-7-23(15-21)34-22/h1,4-5,16-17,21-23,34,39H,2-3,6-15,18-19H2/t21-,22+,23-. The number of halogens is 1. The van der Waals surface area contributed by atoms with Crippen LogP contribution in [0.1, 0.15) is 74.2 Å². The fourth-order valence-electron chi connectivity index (χ4n) is 8.58. The van der Waals surface area contributed by atoms with Gasteiger partial charge >= 0.3 is 6.01 Å². The Morgan fingerprint density at radius 3 is 2.65 bits per heavy atom. The van der Waals surface area contributed by atoms with E-state index in [4.69, 9.17) is 14.7 Å². The smallest absolute Gasteiger partial charge is 0.316 e. The van der Waals surface area contributed by atoms with E-state index < -0.39 is 0 Å². The van der Waals surface area contributed by atoms with E-state index in [0.717, 1.165) is 52.4 Å². The minimum absolute atomic E-state index is 0.173. The third kappa shape index (κ3) is 4.29. The summed E-state index contributed by atoms with van der Waals surface area (Å²) < 4.78 is 7.61. The zero-order valence-corrected chi connectivity index (χ0v) is 24.6. The normalized spacial score (nSPS) is 27.2. The molecule has 0 aliphatic carbocycles. The molecule has 8 heteroatoms. The number of aromatic hydroxyl groups is 1. The number of phenols is 1. The van der Waals surface area contributed by atoms with Crippen molar-refractivity contribution >= 4 is 32.4 Å². The van der Waals surface area contributed by atoms with Gasteiger partial charge in [-0.1, -0.05) is 28.1 Å². The van der Waals surface area contributed by atoms with Crippen molar-refractivity contribution in [1.82, 2.24) is 20.2 Å². The average molecular weight is 605 g/mol. The first-order valence-corrected chi connectivity index (χ1v) is 16.0. The molecule has 210 valence electrons. The molecule has 0 spiro atoms. The van der Waals surface area contributed by atoms with E-state index in [9.17, 15) is 5.11 Å². The van der Waals surface area contributed by atoms with E-state index in [2.05, 4.69) is 43.2 Å². The number of phenolic OH excluding ortho intramolecular Hbond substituents is 1. The molecule has 2 aromatic carbocycles. The quantitative estimate of drug-likeness (QED) is 0.389. The van der Waals surface area contributed by atoms with Crippen molar-refractivity contribution in [3.05, 3.63) is 51.8 Å². The van der Waals surface area contributed by atoms with Crippen molar-refractivity contribution in [2.75, 3.05) is 31.1 Å². The van der Waals surface area contributed by atoms with E-state index in [0.29, 0.717) is 42.9 Å². The van der Waals surface area contributed by atoms with E-state index in [1.165, 1.54) is 62.9 Å². The Labute approximate surface area is 244 Å². The van der Waals surface area contributed by atoms with Gasteiger partial charge in [-0.05, 0) is 94.0 Å². The van der Waals surface area contributed by atoms with Crippen LogP contribution in [0, 0.1) is 0 Å². The molecule has 1 aromatic heterocycles. The third-order valence-corrected chi connectivity index (χ3v) is 11.1. The van der Waals surface area contributed by atoms with Gasteiger partial charge in [0.1, 0.15) is 12.4 Å². The largest absolute Gasteiger partial charge is 0.508 e. The van der Waals surface area contributed by atoms with Crippen LogP contribution in [0.2, 0.25) is 0 Å². The molecule has 8 rings (SSSR count). The van der Waals surface area contributed by atoms with Gasteiger partial charge in [0, 0.05) is 46.2 Å². The highest BCUT2D eigenvalue weighted by Crippen LogP contribution is 2.43. The molecule has 0 unspecified atom stereocenters. The molecule has 4 fully saturated rings. The zero-order chi connectivity index (χ0) is 26.8. The molecule has 0 amide bonds. The molecule has 6 heterocycles. The van der Waals surface area contributed by atoms with Gasteiger partial charge in [0.25, 0.3) is 0 Å². The van der Waals surface area contributed by atoms with Crippen LogP contribution in [-0.4, -0.2) is 63.8 Å². The number of nitrogens with one attached hydrogen (secondary N) is 1. The van der Waals surface area contributed by atoms with Crippen LogP contribution in [0.25, 0.3) is 10.8 Å². The van der Waals surface area contributed by atoms with Gasteiger partial charge in [0.2, 0.25) is 0 Å². The first-order valence-electron chi connectivity index (χ1n) is 15.2. The van der Waals surface area contributed by atoms with Gasteiger partial charge in [-0.25, -0.2) is 0 Å². The monoisotopic (exact) mass is 603 g/mol. The molecule has 2 bridgehead atoms. The second kappa shape index (κ2) is 9.85. The zero-order valence-electron chi connectivity index (χ0n) is 23.0. The summed E-state index contributed by atoms with van der Waals surface area (Å²) in [4.78, 5) is 15.3. The minimum atomic E-state index is 0.173. The van der Waals surface area contributed by atoms with Crippen molar-refractivity contribution in [2.24, 2.45) is 0 Å². The van der Waals surface area contributed by atoms with E-state index >= 15 is 0 Å². The molecular formula is C32H38BrN5O2. The summed E-state index contributed by atoms with van der Waals surface area (Å²) in [6, 6.07) is 11.7.